The van der Waals surface area contributed by atoms with Crippen molar-refractivity contribution in [2.24, 2.45) is 0 Å². The van der Waals surface area contributed by atoms with Crippen molar-refractivity contribution in [3.05, 3.63) is 0 Å². The highest BCUT2D eigenvalue weighted by molar-refractivity contribution is 5.73. The van der Waals surface area contributed by atoms with E-state index in [1.54, 1.807) is 6.92 Å². The average Bonchev–Trinajstić information content (AvgIpc) is 2.09. The molecule has 0 atom stereocenters. The third kappa shape index (κ3) is 2.11. The molecule has 0 unspecified atom stereocenters. The van der Waals surface area contributed by atoms with E-state index >= 15 is 0 Å². The van der Waals surface area contributed by atoms with Gasteiger partial charge in [-0.2, -0.15) is 0 Å². The molecule has 1 saturated heterocycles. The van der Waals surface area contributed by atoms with E-state index < -0.39 is 12.1 Å². The molecular formula is C7H11NO4. The van der Waals surface area contributed by atoms with Crippen molar-refractivity contribution >= 4 is 12.1 Å². The average molecular weight is 173 g/mol. The number of rotatable bonds is 2. The van der Waals surface area contributed by atoms with Crippen LogP contribution in [0.4, 0.5) is 4.79 Å². The summed E-state index contributed by atoms with van der Waals surface area (Å²) in [5, 5.41) is 0.954. The molecule has 1 amide bonds. The first-order valence-corrected chi connectivity index (χ1v) is 3.89. The molecule has 12 heavy (non-hydrogen) atoms. The Morgan fingerprint density at radius 2 is 2.50 bits per heavy atom. The Hall–Kier alpha value is -1.26. The van der Waals surface area contributed by atoms with Gasteiger partial charge in [0.1, 0.15) is 0 Å². The van der Waals surface area contributed by atoms with E-state index in [4.69, 9.17) is 0 Å². The van der Waals surface area contributed by atoms with Crippen LogP contribution in [-0.2, 0) is 14.4 Å². The highest BCUT2D eigenvalue weighted by atomic mass is 16.8. The number of carbonyl (C=O) groups is 2. The number of nitrogens with zero attached hydrogens (tertiary/aromatic N) is 1. The number of cyclic esters (lactones) is 1. The second kappa shape index (κ2) is 3.94. The van der Waals surface area contributed by atoms with Crippen LogP contribution in [-0.4, -0.2) is 30.3 Å². The molecule has 68 valence electrons. The Balaban J connectivity index is 2.39. The summed E-state index contributed by atoms with van der Waals surface area (Å²) in [6.45, 7) is 2.49. The molecule has 0 aromatic rings. The molecule has 1 aliphatic heterocycles. The lowest BCUT2D eigenvalue weighted by Crippen LogP contribution is -2.39. The molecular weight excluding hydrogens is 162 g/mol. The SMILES string of the molecule is CCC(=O)ON1CCCOC1=O. The largest absolute Gasteiger partial charge is 0.447 e. The highest BCUT2D eigenvalue weighted by Gasteiger charge is 2.22. The smallest absolute Gasteiger partial charge is 0.443 e. The number of hydrogen-bond donors (Lipinski definition) is 0. The van der Waals surface area contributed by atoms with Crippen molar-refractivity contribution < 1.29 is 19.2 Å². The first-order chi connectivity index (χ1) is 5.74. The summed E-state index contributed by atoms with van der Waals surface area (Å²) in [4.78, 5) is 26.3. The van der Waals surface area contributed by atoms with E-state index in [0.29, 0.717) is 19.6 Å². The zero-order valence-electron chi connectivity index (χ0n) is 6.91. The Kier molecular flexibility index (Phi) is 2.90. The molecule has 0 bridgehead atoms. The summed E-state index contributed by atoms with van der Waals surface area (Å²) >= 11 is 0. The monoisotopic (exact) mass is 173 g/mol. The second-order valence-corrected chi connectivity index (χ2v) is 2.39. The number of hydrogen-bond acceptors (Lipinski definition) is 4. The Morgan fingerprint density at radius 1 is 1.75 bits per heavy atom. The summed E-state index contributed by atoms with van der Waals surface area (Å²) in [5.74, 6) is -0.422. The summed E-state index contributed by atoms with van der Waals surface area (Å²) < 4.78 is 4.65. The molecule has 0 saturated carbocycles. The minimum absolute atomic E-state index is 0.254. The number of amides is 1. The molecule has 1 fully saturated rings. The van der Waals surface area contributed by atoms with Gasteiger partial charge in [0.15, 0.2) is 0 Å². The molecule has 1 aliphatic rings. The van der Waals surface area contributed by atoms with E-state index in [1.165, 1.54) is 0 Å². The lowest BCUT2D eigenvalue weighted by atomic mass is 10.4. The third-order valence-electron chi connectivity index (χ3n) is 1.44. The molecule has 1 heterocycles. The van der Waals surface area contributed by atoms with Crippen molar-refractivity contribution in [3.8, 4) is 0 Å². The van der Waals surface area contributed by atoms with Crippen LogP contribution in [0.25, 0.3) is 0 Å². The topological polar surface area (TPSA) is 55.8 Å². The molecule has 0 radical (unpaired) electrons. The minimum atomic E-state index is -0.581. The van der Waals surface area contributed by atoms with Crippen molar-refractivity contribution in [3.63, 3.8) is 0 Å². The summed E-state index contributed by atoms with van der Waals surface area (Å²) in [7, 11) is 0. The fourth-order valence-electron chi connectivity index (χ4n) is 0.801. The first-order valence-electron chi connectivity index (χ1n) is 3.89. The number of carbonyl (C=O) groups excluding carboxylic acids is 2. The third-order valence-corrected chi connectivity index (χ3v) is 1.44. The molecule has 1 rings (SSSR count). The van der Waals surface area contributed by atoms with Crippen LogP contribution < -0.4 is 0 Å². The molecule has 0 aromatic heterocycles. The van der Waals surface area contributed by atoms with Gasteiger partial charge in [0.25, 0.3) is 0 Å². The van der Waals surface area contributed by atoms with E-state index in [2.05, 4.69) is 9.57 Å². The van der Waals surface area contributed by atoms with Gasteiger partial charge in [-0.25, -0.2) is 9.59 Å². The molecule has 5 heteroatoms. The van der Waals surface area contributed by atoms with Crippen LogP contribution in [0, 0.1) is 0 Å². The zero-order valence-corrected chi connectivity index (χ0v) is 6.91. The Bertz CT molecular complexity index is 192. The summed E-state index contributed by atoms with van der Waals surface area (Å²) in [6, 6.07) is 0. The van der Waals surface area contributed by atoms with Gasteiger partial charge in [0.05, 0.1) is 13.2 Å². The normalized spacial score (nSPS) is 17.1. The van der Waals surface area contributed by atoms with Crippen LogP contribution >= 0.6 is 0 Å². The summed E-state index contributed by atoms with van der Waals surface area (Å²) in [6.07, 6.45) is 0.370. The first kappa shape index (κ1) is 8.83. The number of ether oxygens (including phenoxy) is 1. The molecule has 0 N–H and O–H groups in total. The van der Waals surface area contributed by atoms with E-state index in [0.717, 1.165) is 5.06 Å². The fraction of sp³-hybridized carbons (Fsp3) is 0.714. The van der Waals surface area contributed by atoms with Gasteiger partial charge in [-0.1, -0.05) is 6.92 Å². The van der Waals surface area contributed by atoms with Crippen molar-refractivity contribution in [1.29, 1.82) is 0 Å². The molecule has 0 aromatic carbocycles. The van der Waals surface area contributed by atoms with Gasteiger partial charge in [0.2, 0.25) is 0 Å². The lowest BCUT2D eigenvalue weighted by molar-refractivity contribution is -0.186. The highest BCUT2D eigenvalue weighted by Crippen LogP contribution is 2.05. The fourth-order valence-corrected chi connectivity index (χ4v) is 0.801. The van der Waals surface area contributed by atoms with Crippen molar-refractivity contribution in [2.45, 2.75) is 19.8 Å². The van der Waals surface area contributed by atoms with Gasteiger partial charge in [-0.3, -0.25) is 0 Å². The predicted octanol–water partition coefficient (Wildman–Crippen LogP) is 0.697. The lowest BCUT2D eigenvalue weighted by Gasteiger charge is -2.23. The number of hydroxylamine groups is 2. The van der Waals surface area contributed by atoms with Gasteiger partial charge in [0, 0.05) is 12.8 Å². The van der Waals surface area contributed by atoms with Crippen LogP contribution in [0.2, 0.25) is 0 Å². The maximum absolute atomic E-state index is 10.9. The quantitative estimate of drug-likeness (QED) is 0.616. The van der Waals surface area contributed by atoms with E-state index in [-0.39, 0.29) is 6.42 Å². The van der Waals surface area contributed by atoms with Crippen LogP contribution in [0.15, 0.2) is 0 Å². The van der Waals surface area contributed by atoms with Crippen LogP contribution in [0.3, 0.4) is 0 Å². The predicted molar refractivity (Wildman–Crippen MR) is 39.1 cm³/mol. The van der Waals surface area contributed by atoms with Gasteiger partial charge < -0.3 is 9.57 Å². The molecule has 0 aliphatic carbocycles. The molecule has 5 nitrogen and oxygen atoms in total. The second-order valence-electron chi connectivity index (χ2n) is 2.39. The summed E-state index contributed by atoms with van der Waals surface area (Å²) in [5.41, 5.74) is 0. The van der Waals surface area contributed by atoms with E-state index in [9.17, 15) is 9.59 Å². The standard InChI is InChI=1S/C7H11NO4/c1-2-6(9)12-8-4-3-5-11-7(8)10/h2-5H2,1H3. The van der Waals surface area contributed by atoms with Gasteiger partial charge in [-0.05, 0) is 0 Å². The van der Waals surface area contributed by atoms with Gasteiger partial charge >= 0.3 is 12.1 Å². The minimum Gasteiger partial charge on any atom is -0.447 e. The Labute approximate surface area is 70.2 Å². The maximum atomic E-state index is 10.9. The van der Waals surface area contributed by atoms with E-state index in [1.807, 2.05) is 0 Å². The van der Waals surface area contributed by atoms with Crippen LogP contribution in [0.1, 0.15) is 19.8 Å². The van der Waals surface area contributed by atoms with Crippen LogP contribution in [0.5, 0.6) is 0 Å². The Morgan fingerprint density at radius 3 is 3.08 bits per heavy atom. The van der Waals surface area contributed by atoms with Gasteiger partial charge in [-0.15, -0.1) is 5.06 Å². The van der Waals surface area contributed by atoms with Crippen molar-refractivity contribution in [1.82, 2.24) is 5.06 Å². The van der Waals surface area contributed by atoms with Crippen molar-refractivity contribution in [2.75, 3.05) is 13.2 Å². The maximum Gasteiger partial charge on any atom is 0.443 e. The zero-order chi connectivity index (χ0) is 8.97. The molecule has 0 spiro atoms.